The van der Waals surface area contributed by atoms with Crippen molar-refractivity contribution in [2.45, 2.75) is 0 Å². The van der Waals surface area contributed by atoms with Crippen LogP contribution < -0.4 is 0 Å². The van der Waals surface area contributed by atoms with Crippen LogP contribution in [0.5, 0.6) is 0 Å². The maximum absolute atomic E-state index is 5.41. The molecule has 5 nitrogen and oxygen atoms in total. The third kappa shape index (κ3) is 1.99. The van der Waals surface area contributed by atoms with Crippen molar-refractivity contribution in [3.63, 3.8) is 0 Å². The molecule has 0 amide bonds. The number of aromatic nitrogens is 4. The van der Waals surface area contributed by atoms with Gasteiger partial charge in [0.25, 0.3) is 0 Å². The van der Waals surface area contributed by atoms with E-state index in [9.17, 15) is 0 Å². The highest BCUT2D eigenvalue weighted by atomic mass is 16.3. The van der Waals surface area contributed by atoms with E-state index in [1.807, 2.05) is 42.7 Å². The van der Waals surface area contributed by atoms with E-state index in [1.165, 1.54) is 0 Å². The Morgan fingerprint density at radius 3 is 2.92 bits per heavy atom. The topological polar surface area (TPSA) is 56.7 Å². The SMILES string of the molecule is c1cn(-c2ccc3ncncc3c2)c(-c2ccc3occc3c2)n1. The van der Waals surface area contributed by atoms with Gasteiger partial charge in [-0.05, 0) is 42.5 Å². The van der Waals surface area contributed by atoms with Gasteiger partial charge in [0.1, 0.15) is 17.7 Å². The van der Waals surface area contributed by atoms with Crippen LogP contribution >= 0.6 is 0 Å². The van der Waals surface area contributed by atoms with Gasteiger partial charge in [-0.3, -0.25) is 4.57 Å². The molecule has 0 atom stereocenters. The van der Waals surface area contributed by atoms with E-state index in [0.717, 1.165) is 38.9 Å². The van der Waals surface area contributed by atoms with Crippen molar-refractivity contribution < 1.29 is 4.42 Å². The first-order valence-electron chi connectivity index (χ1n) is 7.60. The average molecular weight is 312 g/mol. The van der Waals surface area contributed by atoms with E-state index in [1.54, 1.807) is 18.8 Å². The minimum absolute atomic E-state index is 0.875. The molecule has 24 heavy (non-hydrogen) atoms. The van der Waals surface area contributed by atoms with Crippen LogP contribution in [0.25, 0.3) is 38.9 Å². The summed E-state index contributed by atoms with van der Waals surface area (Å²) in [6.07, 6.45) is 8.84. The van der Waals surface area contributed by atoms with Crippen molar-refractivity contribution in [1.29, 1.82) is 0 Å². The molecular weight excluding hydrogens is 300 g/mol. The Morgan fingerprint density at radius 2 is 1.92 bits per heavy atom. The number of nitrogens with zero attached hydrogens (tertiary/aromatic N) is 4. The standard InChI is InChI=1S/C19H12N4O/c1-4-18-13(5-8-24-18)9-14(1)19-21-6-7-23(19)16-2-3-17-15(10-16)11-20-12-22-17/h1-12H. The van der Waals surface area contributed by atoms with Crippen LogP contribution in [-0.2, 0) is 0 Å². The molecule has 5 aromatic rings. The first-order chi connectivity index (χ1) is 11.9. The van der Waals surface area contributed by atoms with Crippen molar-refractivity contribution in [1.82, 2.24) is 19.5 Å². The summed E-state index contributed by atoms with van der Waals surface area (Å²) in [5.74, 6) is 0.884. The summed E-state index contributed by atoms with van der Waals surface area (Å²) in [4.78, 5) is 12.9. The number of imidazole rings is 1. The number of furan rings is 1. The Bertz CT molecular complexity index is 1170. The van der Waals surface area contributed by atoms with Gasteiger partial charge in [0.2, 0.25) is 0 Å². The molecule has 0 unspecified atom stereocenters. The molecule has 0 saturated carbocycles. The lowest BCUT2D eigenvalue weighted by Gasteiger charge is -2.09. The number of rotatable bonds is 2. The molecular formula is C19H12N4O. The Balaban J connectivity index is 1.67. The monoisotopic (exact) mass is 312 g/mol. The first kappa shape index (κ1) is 13.0. The molecule has 0 N–H and O–H groups in total. The zero-order chi connectivity index (χ0) is 15.9. The smallest absolute Gasteiger partial charge is 0.144 e. The van der Waals surface area contributed by atoms with Crippen LogP contribution in [0.1, 0.15) is 0 Å². The van der Waals surface area contributed by atoms with Crippen molar-refractivity contribution in [3.05, 3.63) is 73.6 Å². The van der Waals surface area contributed by atoms with Gasteiger partial charge in [-0.25, -0.2) is 15.0 Å². The van der Waals surface area contributed by atoms with Crippen LogP contribution in [0, 0.1) is 0 Å². The van der Waals surface area contributed by atoms with Crippen molar-refractivity contribution >= 4 is 21.9 Å². The number of hydrogen-bond donors (Lipinski definition) is 0. The summed E-state index contributed by atoms with van der Waals surface area (Å²) in [6.45, 7) is 0. The van der Waals surface area contributed by atoms with Gasteiger partial charge < -0.3 is 4.42 Å². The highest BCUT2D eigenvalue weighted by Crippen LogP contribution is 2.27. The van der Waals surface area contributed by atoms with E-state index in [0.29, 0.717) is 0 Å². The fourth-order valence-corrected chi connectivity index (χ4v) is 2.95. The predicted molar refractivity (Wildman–Crippen MR) is 91.9 cm³/mol. The van der Waals surface area contributed by atoms with Crippen LogP contribution in [-0.4, -0.2) is 19.5 Å². The molecule has 0 saturated heterocycles. The molecule has 0 aliphatic heterocycles. The molecule has 0 bridgehead atoms. The zero-order valence-electron chi connectivity index (χ0n) is 12.6. The minimum atomic E-state index is 0.875. The van der Waals surface area contributed by atoms with Gasteiger partial charge in [0.15, 0.2) is 0 Å². The third-order valence-corrected chi connectivity index (χ3v) is 4.12. The van der Waals surface area contributed by atoms with Crippen LogP contribution in [0.4, 0.5) is 0 Å². The summed E-state index contributed by atoms with van der Waals surface area (Å²) in [5.41, 5.74) is 3.87. The Kier molecular flexibility index (Phi) is 2.72. The van der Waals surface area contributed by atoms with Crippen molar-refractivity contribution in [3.8, 4) is 17.1 Å². The van der Waals surface area contributed by atoms with Gasteiger partial charge in [0, 0.05) is 40.6 Å². The molecule has 2 aromatic carbocycles. The first-order valence-corrected chi connectivity index (χ1v) is 7.60. The van der Waals surface area contributed by atoms with Gasteiger partial charge in [-0.1, -0.05) is 0 Å². The zero-order valence-corrected chi connectivity index (χ0v) is 12.6. The van der Waals surface area contributed by atoms with E-state index < -0.39 is 0 Å². The van der Waals surface area contributed by atoms with Crippen molar-refractivity contribution in [2.24, 2.45) is 0 Å². The third-order valence-electron chi connectivity index (χ3n) is 4.12. The molecule has 5 heteroatoms. The number of hydrogen-bond acceptors (Lipinski definition) is 4. The molecule has 5 rings (SSSR count). The summed E-state index contributed by atoms with van der Waals surface area (Å²) in [7, 11) is 0. The molecule has 3 aromatic heterocycles. The maximum atomic E-state index is 5.41. The Hall–Kier alpha value is -3.47. The molecule has 0 aliphatic rings. The van der Waals surface area contributed by atoms with Crippen LogP contribution in [0.2, 0.25) is 0 Å². The highest BCUT2D eigenvalue weighted by molar-refractivity contribution is 5.83. The fourth-order valence-electron chi connectivity index (χ4n) is 2.95. The Morgan fingerprint density at radius 1 is 0.917 bits per heavy atom. The largest absolute Gasteiger partial charge is 0.464 e. The van der Waals surface area contributed by atoms with Gasteiger partial charge in [-0.15, -0.1) is 0 Å². The number of fused-ring (bicyclic) bond motifs is 2. The summed E-state index contributed by atoms with van der Waals surface area (Å²) < 4.78 is 7.48. The molecule has 0 fully saturated rings. The average Bonchev–Trinajstić information content (AvgIpc) is 3.29. The van der Waals surface area contributed by atoms with Gasteiger partial charge in [0.05, 0.1) is 11.8 Å². The molecule has 114 valence electrons. The van der Waals surface area contributed by atoms with Gasteiger partial charge >= 0.3 is 0 Å². The molecule has 3 heterocycles. The molecule has 0 radical (unpaired) electrons. The lowest BCUT2D eigenvalue weighted by atomic mass is 10.1. The second-order valence-corrected chi connectivity index (χ2v) is 5.56. The predicted octanol–water partition coefficient (Wildman–Crippen LogP) is 4.23. The fraction of sp³-hybridized carbons (Fsp3) is 0. The lowest BCUT2D eigenvalue weighted by Crippen LogP contribution is -1.96. The van der Waals surface area contributed by atoms with E-state index in [4.69, 9.17) is 4.42 Å². The summed E-state index contributed by atoms with van der Waals surface area (Å²) in [6, 6.07) is 14.1. The normalized spacial score (nSPS) is 11.3. The van der Waals surface area contributed by atoms with E-state index in [2.05, 4.69) is 31.7 Å². The number of benzene rings is 2. The highest BCUT2D eigenvalue weighted by Gasteiger charge is 2.10. The van der Waals surface area contributed by atoms with Crippen LogP contribution in [0.3, 0.4) is 0 Å². The van der Waals surface area contributed by atoms with Crippen molar-refractivity contribution in [2.75, 3.05) is 0 Å². The maximum Gasteiger partial charge on any atom is 0.144 e. The second-order valence-electron chi connectivity index (χ2n) is 5.56. The summed E-state index contributed by atoms with van der Waals surface area (Å²) in [5, 5.41) is 2.06. The minimum Gasteiger partial charge on any atom is -0.464 e. The lowest BCUT2D eigenvalue weighted by molar-refractivity contribution is 0.616. The quantitative estimate of drug-likeness (QED) is 0.489. The van der Waals surface area contributed by atoms with E-state index in [-0.39, 0.29) is 0 Å². The van der Waals surface area contributed by atoms with Crippen LogP contribution in [0.15, 0.2) is 78.1 Å². The molecule has 0 aliphatic carbocycles. The van der Waals surface area contributed by atoms with E-state index >= 15 is 0 Å². The molecule has 0 spiro atoms. The van der Waals surface area contributed by atoms with Gasteiger partial charge in [-0.2, -0.15) is 0 Å². The Labute approximate surface area is 137 Å². The summed E-state index contributed by atoms with van der Waals surface area (Å²) >= 11 is 0. The second kappa shape index (κ2) is 5.03.